The van der Waals surface area contributed by atoms with E-state index >= 15 is 0 Å². The zero-order valence-electron chi connectivity index (χ0n) is 19.9. The molecule has 0 saturated heterocycles. The maximum atomic E-state index is 12.7. The van der Waals surface area contributed by atoms with Crippen molar-refractivity contribution in [2.24, 2.45) is 5.92 Å². The maximum absolute atomic E-state index is 12.7. The molecule has 9 nitrogen and oxygen atoms in total. The minimum atomic E-state index is -0.811. The molecule has 0 aromatic heterocycles. The van der Waals surface area contributed by atoms with Crippen LogP contribution in [0.15, 0.2) is 35.3 Å². The molecule has 0 aliphatic heterocycles. The van der Waals surface area contributed by atoms with Gasteiger partial charge in [0.15, 0.2) is 0 Å². The Labute approximate surface area is 209 Å². The Bertz CT molecular complexity index is 857. The molecule has 0 spiro atoms. The van der Waals surface area contributed by atoms with Gasteiger partial charge in [-0.25, -0.2) is 0 Å². The second kappa shape index (κ2) is 15.2. The van der Waals surface area contributed by atoms with Crippen LogP contribution in [-0.4, -0.2) is 47.4 Å². The molecule has 2 atom stereocenters. The molecule has 1 aromatic rings. The standard InChI is InChI=1S/C24H35BrN4O5/c1-15(2)21(29-20(31)8-6-5-7-13-26-22(32)16(3)25)24(34)27-17(4)23(33)28-19-11-9-18(14-30)10-12-19/h9-12,15,17,21,30H,3,5-8,13-14H2,1-2,4H3,(H,26,32)(H,27,34)(H,28,33)(H,29,31)/t17-,21-/m0/s1. The first kappa shape index (κ1) is 29.3. The Hall–Kier alpha value is -2.72. The lowest BCUT2D eigenvalue weighted by molar-refractivity contribution is -0.131. The lowest BCUT2D eigenvalue weighted by Gasteiger charge is -2.24. The molecule has 0 unspecified atom stereocenters. The van der Waals surface area contributed by atoms with E-state index in [2.05, 4.69) is 43.8 Å². The van der Waals surface area contributed by atoms with E-state index in [-0.39, 0.29) is 35.2 Å². The third-order valence-corrected chi connectivity index (χ3v) is 5.39. The van der Waals surface area contributed by atoms with E-state index in [4.69, 9.17) is 5.11 Å². The lowest BCUT2D eigenvalue weighted by Crippen LogP contribution is -2.53. The van der Waals surface area contributed by atoms with Crippen molar-refractivity contribution in [3.8, 4) is 0 Å². The van der Waals surface area contributed by atoms with Gasteiger partial charge in [0.05, 0.1) is 11.1 Å². The number of amides is 4. The fourth-order valence-electron chi connectivity index (χ4n) is 2.98. The van der Waals surface area contributed by atoms with Gasteiger partial charge in [0.1, 0.15) is 12.1 Å². The second-order valence-corrected chi connectivity index (χ2v) is 9.29. The number of benzene rings is 1. The van der Waals surface area contributed by atoms with Gasteiger partial charge < -0.3 is 26.4 Å². The minimum Gasteiger partial charge on any atom is -0.392 e. The maximum Gasteiger partial charge on any atom is 0.257 e. The van der Waals surface area contributed by atoms with Crippen molar-refractivity contribution in [2.45, 2.75) is 65.1 Å². The highest BCUT2D eigenvalue weighted by Gasteiger charge is 2.26. The number of hydrogen-bond donors (Lipinski definition) is 5. The monoisotopic (exact) mass is 538 g/mol. The Kier molecular flexibility index (Phi) is 13.1. The van der Waals surface area contributed by atoms with Crippen molar-refractivity contribution in [3.63, 3.8) is 0 Å². The van der Waals surface area contributed by atoms with Gasteiger partial charge in [0, 0.05) is 18.7 Å². The fourth-order valence-corrected chi connectivity index (χ4v) is 3.12. The first-order chi connectivity index (χ1) is 16.0. The number of anilines is 1. The molecule has 10 heteroatoms. The summed E-state index contributed by atoms with van der Waals surface area (Å²) in [6.45, 7) is 9.10. The summed E-state index contributed by atoms with van der Waals surface area (Å²) in [5.41, 5.74) is 1.27. The molecule has 5 N–H and O–H groups in total. The van der Waals surface area contributed by atoms with Crippen molar-refractivity contribution in [2.75, 3.05) is 11.9 Å². The number of unbranched alkanes of at least 4 members (excludes halogenated alkanes) is 2. The van der Waals surface area contributed by atoms with Crippen molar-refractivity contribution in [3.05, 3.63) is 40.9 Å². The summed E-state index contributed by atoms with van der Waals surface area (Å²) in [6.07, 6.45) is 2.35. The van der Waals surface area contributed by atoms with Crippen molar-refractivity contribution in [1.82, 2.24) is 16.0 Å². The second-order valence-electron chi connectivity index (χ2n) is 8.34. The average Bonchev–Trinajstić information content (AvgIpc) is 2.79. The molecule has 0 saturated carbocycles. The summed E-state index contributed by atoms with van der Waals surface area (Å²) < 4.78 is 0.272. The number of aliphatic hydroxyl groups is 1. The number of carbonyl (C=O) groups excluding carboxylic acids is 4. The molecule has 0 aliphatic carbocycles. The van der Waals surface area contributed by atoms with E-state index in [0.717, 1.165) is 18.4 Å². The molecule has 34 heavy (non-hydrogen) atoms. The molecular formula is C24H35BrN4O5. The van der Waals surface area contributed by atoms with Gasteiger partial charge >= 0.3 is 0 Å². The highest BCUT2D eigenvalue weighted by atomic mass is 79.9. The quantitative estimate of drug-likeness (QED) is 0.183. The van der Waals surface area contributed by atoms with E-state index in [1.807, 2.05) is 13.8 Å². The van der Waals surface area contributed by atoms with Crippen LogP contribution in [0.2, 0.25) is 0 Å². The first-order valence-corrected chi connectivity index (χ1v) is 12.1. The van der Waals surface area contributed by atoms with Crippen molar-refractivity contribution < 1.29 is 24.3 Å². The van der Waals surface area contributed by atoms with Gasteiger partial charge in [-0.2, -0.15) is 0 Å². The lowest BCUT2D eigenvalue weighted by atomic mass is 10.0. The van der Waals surface area contributed by atoms with Gasteiger partial charge in [-0.05, 0) is 59.3 Å². The average molecular weight is 539 g/mol. The van der Waals surface area contributed by atoms with Crippen LogP contribution < -0.4 is 21.3 Å². The van der Waals surface area contributed by atoms with Gasteiger partial charge in [-0.3, -0.25) is 19.2 Å². The summed E-state index contributed by atoms with van der Waals surface area (Å²) in [5, 5.41) is 19.9. The van der Waals surface area contributed by atoms with Crippen LogP contribution in [-0.2, 0) is 25.8 Å². The number of halogens is 1. The number of carbonyl (C=O) groups is 4. The highest BCUT2D eigenvalue weighted by molar-refractivity contribution is 9.12. The number of aliphatic hydroxyl groups excluding tert-OH is 1. The summed E-state index contributed by atoms with van der Waals surface area (Å²) in [5.74, 6) is -1.49. The molecular weight excluding hydrogens is 504 g/mol. The predicted octanol–water partition coefficient (Wildman–Crippen LogP) is 2.35. The van der Waals surface area contributed by atoms with Crippen LogP contribution in [0.4, 0.5) is 5.69 Å². The van der Waals surface area contributed by atoms with E-state index in [9.17, 15) is 19.2 Å². The normalized spacial score (nSPS) is 12.4. The molecule has 1 rings (SSSR count). The molecule has 1 aromatic carbocycles. The third-order valence-electron chi connectivity index (χ3n) is 5.03. The van der Waals surface area contributed by atoms with Gasteiger partial charge in [-0.1, -0.05) is 39.0 Å². The number of nitrogens with one attached hydrogen (secondary N) is 4. The Morgan fingerprint density at radius 2 is 1.62 bits per heavy atom. The summed E-state index contributed by atoms with van der Waals surface area (Å²) in [4.78, 5) is 48.9. The Morgan fingerprint density at radius 3 is 2.18 bits per heavy atom. The number of rotatable bonds is 14. The van der Waals surface area contributed by atoms with Gasteiger partial charge in [-0.15, -0.1) is 0 Å². The highest BCUT2D eigenvalue weighted by Crippen LogP contribution is 2.10. The summed E-state index contributed by atoms with van der Waals surface area (Å²) >= 11 is 3.01. The van der Waals surface area contributed by atoms with Crippen molar-refractivity contribution in [1.29, 1.82) is 0 Å². The van der Waals surface area contributed by atoms with Crippen molar-refractivity contribution >= 4 is 45.2 Å². The molecule has 0 aliphatic rings. The molecule has 0 heterocycles. The zero-order valence-corrected chi connectivity index (χ0v) is 21.5. The molecule has 0 bridgehead atoms. The topological polar surface area (TPSA) is 137 Å². The van der Waals surface area contributed by atoms with E-state index < -0.39 is 23.9 Å². The minimum absolute atomic E-state index is 0.0882. The Morgan fingerprint density at radius 1 is 0.971 bits per heavy atom. The predicted molar refractivity (Wildman–Crippen MR) is 135 cm³/mol. The first-order valence-electron chi connectivity index (χ1n) is 11.3. The fraction of sp³-hybridized carbons (Fsp3) is 0.500. The van der Waals surface area contributed by atoms with E-state index in [1.165, 1.54) is 0 Å². The van der Waals surface area contributed by atoms with Crippen LogP contribution in [0.1, 0.15) is 52.0 Å². The summed E-state index contributed by atoms with van der Waals surface area (Å²) in [7, 11) is 0. The van der Waals surface area contributed by atoms with Gasteiger partial charge in [0.25, 0.3) is 5.91 Å². The van der Waals surface area contributed by atoms with Crippen LogP contribution in [0, 0.1) is 5.92 Å². The van der Waals surface area contributed by atoms with Crippen LogP contribution >= 0.6 is 15.9 Å². The van der Waals surface area contributed by atoms with Gasteiger partial charge in [0.2, 0.25) is 17.7 Å². The Balaban J connectivity index is 2.45. The van der Waals surface area contributed by atoms with Crippen LogP contribution in [0.3, 0.4) is 0 Å². The summed E-state index contributed by atoms with van der Waals surface area (Å²) in [6, 6.07) is 5.15. The molecule has 0 radical (unpaired) electrons. The number of hydrogen-bond acceptors (Lipinski definition) is 5. The van der Waals surface area contributed by atoms with Crippen LogP contribution in [0.25, 0.3) is 0 Å². The largest absolute Gasteiger partial charge is 0.392 e. The van der Waals surface area contributed by atoms with Crippen LogP contribution in [0.5, 0.6) is 0 Å². The smallest absolute Gasteiger partial charge is 0.257 e. The van der Waals surface area contributed by atoms with E-state index in [0.29, 0.717) is 18.7 Å². The van der Waals surface area contributed by atoms with E-state index in [1.54, 1.807) is 31.2 Å². The third kappa shape index (κ3) is 10.9. The zero-order chi connectivity index (χ0) is 25.7. The molecule has 0 fully saturated rings. The SMILES string of the molecule is C=C(Br)C(=O)NCCCCCC(=O)N[C@H](C(=O)N[C@@H](C)C(=O)Nc1ccc(CO)cc1)C(C)C. The molecule has 4 amide bonds. The molecule has 188 valence electrons.